The molecule has 0 aliphatic carbocycles. The molecule has 0 aromatic heterocycles. The summed E-state index contributed by atoms with van der Waals surface area (Å²) in [4.78, 5) is 12.4. The topological polar surface area (TPSA) is 66.5 Å². The molecule has 134 valence electrons. The Hall–Kier alpha value is -2.34. The van der Waals surface area contributed by atoms with Crippen molar-refractivity contribution in [2.75, 3.05) is 17.1 Å². The van der Waals surface area contributed by atoms with Gasteiger partial charge in [0.2, 0.25) is 15.9 Å². The van der Waals surface area contributed by atoms with Gasteiger partial charge in [0, 0.05) is 0 Å². The molecule has 0 heterocycles. The average Bonchev–Trinajstić information content (AvgIpc) is 2.53. The van der Waals surface area contributed by atoms with Gasteiger partial charge in [0.25, 0.3) is 0 Å². The standard InChI is InChI=1S/C19H24N2O3S/c1-14-10-11-18(15(2)12-14)21(25(4,23)24)13-19(22)20-16(3)17-8-6-5-7-9-17/h5-12,16H,13H2,1-4H3,(H,20,22)/t16-/m1/s1. The number of sulfonamides is 1. The molecule has 0 radical (unpaired) electrons. The lowest BCUT2D eigenvalue weighted by Gasteiger charge is -2.25. The number of anilines is 1. The van der Waals surface area contributed by atoms with Crippen molar-refractivity contribution in [3.05, 3.63) is 65.2 Å². The Bertz CT molecular complexity index is 848. The van der Waals surface area contributed by atoms with Crippen LogP contribution >= 0.6 is 0 Å². The SMILES string of the molecule is Cc1ccc(N(CC(=O)N[C@H](C)c2ccccc2)S(C)(=O)=O)c(C)c1. The second-order valence-electron chi connectivity index (χ2n) is 6.26. The van der Waals surface area contributed by atoms with E-state index in [1.807, 2.05) is 63.2 Å². The number of benzene rings is 2. The molecule has 1 amide bonds. The number of rotatable bonds is 6. The van der Waals surface area contributed by atoms with Crippen LogP contribution in [0.2, 0.25) is 0 Å². The minimum Gasteiger partial charge on any atom is -0.348 e. The minimum absolute atomic E-state index is 0.200. The minimum atomic E-state index is -3.58. The number of carbonyl (C=O) groups is 1. The van der Waals surface area contributed by atoms with Gasteiger partial charge in [0.1, 0.15) is 6.54 Å². The Labute approximate surface area is 149 Å². The summed E-state index contributed by atoms with van der Waals surface area (Å²) in [6.45, 7) is 5.40. The highest BCUT2D eigenvalue weighted by Crippen LogP contribution is 2.23. The molecule has 0 saturated heterocycles. The lowest BCUT2D eigenvalue weighted by molar-refractivity contribution is -0.120. The Morgan fingerprint density at radius 1 is 1.12 bits per heavy atom. The third-order valence-corrected chi connectivity index (χ3v) is 5.11. The first-order valence-corrected chi connectivity index (χ1v) is 9.92. The van der Waals surface area contributed by atoms with Crippen molar-refractivity contribution < 1.29 is 13.2 Å². The Kier molecular flexibility index (Phi) is 5.85. The van der Waals surface area contributed by atoms with Gasteiger partial charge in [-0.05, 0) is 38.0 Å². The van der Waals surface area contributed by atoms with Crippen molar-refractivity contribution in [2.45, 2.75) is 26.8 Å². The van der Waals surface area contributed by atoms with Gasteiger partial charge in [0.05, 0.1) is 18.0 Å². The van der Waals surface area contributed by atoms with Crippen molar-refractivity contribution in [1.29, 1.82) is 0 Å². The van der Waals surface area contributed by atoms with Crippen molar-refractivity contribution in [2.24, 2.45) is 0 Å². The summed E-state index contributed by atoms with van der Waals surface area (Å²) in [5, 5.41) is 2.85. The van der Waals surface area contributed by atoms with Gasteiger partial charge in [-0.3, -0.25) is 9.10 Å². The van der Waals surface area contributed by atoms with Gasteiger partial charge in [-0.1, -0.05) is 48.0 Å². The summed E-state index contributed by atoms with van der Waals surface area (Å²) in [5.74, 6) is -0.346. The Morgan fingerprint density at radius 2 is 1.76 bits per heavy atom. The molecule has 0 aliphatic rings. The Balaban J connectivity index is 2.19. The number of amides is 1. The number of hydrogen-bond acceptors (Lipinski definition) is 3. The molecule has 0 fully saturated rings. The first-order chi connectivity index (χ1) is 11.7. The number of carbonyl (C=O) groups excluding carboxylic acids is 1. The number of nitrogens with zero attached hydrogens (tertiary/aromatic N) is 1. The van der Waals surface area contributed by atoms with Crippen molar-refractivity contribution in [3.63, 3.8) is 0 Å². The zero-order valence-electron chi connectivity index (χ0n) is 15.0. The first kappa shape index (κ1) is 19.0. The fourth-order valence-electron chi connectivity index (χ4n) is 2.71. The van der Waals surface area contributed by atoms with Crippen LogP contribution in [0.15, 0.2) is 48.5 Å². The van der Waals surface area contributed by atoms with E-state index in [1.54, 1.807) is 6.07 Å². The van der Waals surface area contributed by atoms with Crippen LogP contribution in [0.4, 0.5) is 5.69 Å². The fourth-order valence-corrected chi connectivity index (χ4v) is 3.62. The van der Waals surface area contributed by atoms with Gasteiger partial charge in [-0.25, -0.2) is 8.42 Å². The molecule has 2 rings (SSSR count). The van der Waals surface area contributed by atoms with E-state index in [0.29, 0.717) is 5.69 Å². The van der Waals surface area contributed by atoms with E-state index in [4.69, 9.17) is 0 Å². The summed E-state index contributed by atoms with van der Waals surface area (Å²) < 4.78 is 25.6. The van der Waals surface area contributed by atoms with Crippen LogP contribution in [0.25, 0.3) is 0 Å². The van der Waals surface area contributed by atoms with E-state index < -0.39 is 10.0 Å². The van der Waals surface area contributed by atoms with Crippen molar-refractivity contribution in [1.82, 2.24) is 5.32 Å². The lowest BCUT2D eigenvalue weighted by Crippen LogP contribution is -2.41. The molecule has 1 N–H and O–H groups in total. The van der Waals surface area contributed by atoms with Gasteiger partial charge < -0.3 is 5.32 Å². The van der Waals surface area contributed by atoms with Crippen molar-refractivity contribution >= 4 is 21.6 Å². The molecule has 2 aromatic carbocycles. The highest BCUT2D eigenvalue weighted by Gasteiger charge is 2.23. The van der Waals surface area contributed by atoms with E-state index >= 15 is 0 Å². The third kappa shape index (κ3) is 5.06. The zero-order chi connectivity index (χ0) is 18.6. The number of hydrogen-bond donors (Lipinski definition) is 1. The average molecular weight is 360 g/mol. The van der Waals surface area contributed by atoms with E-state index in [9.17, 15) is 13.2 Å². The highest BCUT2D eigenvalue weighted by atomic mass is 32.2. The molecule has 5 nitrogen and oxygen atoms in total. The fraction of sp³-hybridized carbons (Fsp3) is 0.316. The summed E-state index contributed by atoms with van der Waals surface area (Å²) in [5.41, 5.74) is 3.34. The number of nitrogens with one attached hydrogen (secondary N) is 1. The van der Waals surface area contributed by atoms with Gasteiger partial charge in [-0.15, -0.1) is 0 Å². The normalized spacial score (nSPS) is 12.5. The van der Waals surface area contributed by atoms with Crippen LogP contribution in [0.3, 0.4) is 0 Å². The number of aryl methyl sites for hydroxylation is 2. The van der Waals surface area contributed by atoms with Gasteiger partial charge >= 0.3 is 0 Å². The van der Waals surface area contributed by atoms with Crippen LogP contribution in [-0.2, 0) is 14.8 Å². The largest absolute Gasteiger partial charge is 0.348 e. The lowest BCUT2D eigenvalue weighted by atomic mass is 10.1. The molecular weight excluding hydrogens is 336 g/mol. The molecule has 0 unspecified atom stereocenters. The second-order valence-corrected chi connectivity index (χ2v) is 8.17. The summed E-state index contributed by atoms with van der Waals surface area (Å²) in [7, 11) is -3.58. The third-order valence-electron chi connectivity index (χ3n) is 3.99. The summed E-state index contributed by atoms with van der Waals surface area (Å²) in [6, 6.07) is 14.8. The zero-order valence-corrected chi connectivity index (χ0v) is 15.8. The monoisotopic (exact) mass is 360 g/mol. The van der Waals surface area contributed by atoms with Crippen LogP contribution < -0.4 is 9.62 Å². The maximum atomic E-state index is 12.4. The quantitative estimate of drug-likeness (QED) is 0.861. The van der Waals surface area contributed by atoms with Crippen LogP contribution in [0.1, 0.15) is 29.7 Å². The predicted octanol–water partition coefficient (Wildman–Crippen LogP) is 2.95. The molecule has 0 saturated carbocycles. The van der Waals surface area contributed by atoms with E-state index in [-0.39, 0.29) is 18.5 Å². The predicted molar refractivity (Wildman–Crippen MR) is 101 cm³/mol. The van der Waals surface area contributed by atoms with E-state index in [1.165, 1.54) is 0 Å². The van der Waals surface area contributed by atoms with E-state index in [2.05, 4.69) is 5.32 Å². The smallest absolute Gasteiger partial charge is 0.241 e. The van der Waals surface area contributed by atoms with Crippen LogP contribution in [0.5, 0.6) is 0 Å². The molecule has 0 spiro atoms. The van der Waals surface area contributed by atoms with Crippen LogP contribution in [0, 0.1) is 13.8 Å². The molecule has 0 bridgehead atoms. The maximum absolute atomic E-state index is 12.4. The summed E-state index contributed by atoms with van der Waals surface area (Å²) >= 11 is 0. The van der Waals surface area contributed by atoms with Crippen molar-refractivity contribution in [3.8, 4) is 0 Å². The molecule has 2 aromatic rings. The van der Waals surface area contributed by atoms with E-state index in [0.717, 1.165) is 27.3 Å². The first-order valence-electron chi connectivity index (χ1n) is 8.08. The Morgan fingerprint density at radius 3 is 2.32 bits per heavy atom. The second kappa shape index (κ2) is 7.70. The summed E-state index contributed by atoms with van der Waals surface area (Å²) in [6.07, 6.45) is 1.11. The molecule has 25 heavy (non-hydrogen) atoms. The van der Waals surface area contributed by atoms with Gasteiger partial charge in [-0.2, -0.15) is 0 Å². The molecule has 0 aliphatic heterocycles. The molecule has 1 atom stereocenters. The molecular formula is C19H24N2O3S. The van der Waals surface area contributed by atoms with Crippen LogP contribution in [-0.4, -0.2) is 27.1 Å². The maximum Gasteiger partial charge on any atom is 0.241 e. The highest BCUT2D eigenvalue weighted by molar-refractivity contribution is 7.92. The van der Waals surface area contributed by atoms with Gasteiger partial charge in [0.15, 0.2) is 0 Å². The molecule has 6 heteroatoms.